The first-order valence-corrected chi connectivity index (χ1v) is 7.91. The van der Waals surface area contributed by atoms with Gasteiger partial charge in [0.05, 0.1) is 18.1 Å². The van der Waals surface area contributed by atoms with Crippen molar-refractivity contribution < 1.29 is 13.6 Å². The van der Waals surface area contributed by atoms with Crippen LogP contribution in [0.2, 0.25) is 0 Å². The molecule has 2 heterocycles. The number of hydrogen-bond acceptors (Lipinski definition) is 3. The van der Waals surface area contributed by atoms with E-state index in [-0.39, 0.29) is 23.1 Å². The fraction of sp³-hybridized carbons (Fsp3) is 0.412. The maximum absolute atomic E-state index is 13.8. The van der Waals surface area contributed by atoms with Crippen LogP contribution in [-0.4, -0.2) is 27.8 Å². The van der Waals surface area contributed by atoms with E-state index < -0.39 is 11.6 Å². The summed E-state index contributed by atoms with van der Waals surface area (Å²) in [5.74, 6) is -1.29. The van der Waals surface area contributed by atoms with E-state index in [1.54, 1.807) is 0 Å². The zero-order chi connectivity index (χ0) is 17.3. The van der Waals surface area contributed by atoms with Crippen LogP contribution in [0.3, 0.4) is 0 Å². The van der Waals surface area contributed by atoms with Gasteiger partial charge in [0, 0.05) is 18.0 Å². The van der Waals surface area contributed by atoms with Crippen molar-refractivity contribution in [1.29, 1.82) is 0 Å². The largest absolute Gasteiger partial charge is 0.382 e. The van der Waals surface area contributed by atoms with Gasteiger partial charge in [-0.2, -0.15) is 5.10 Å². The molecule has 2 N–H and O–H groups in total. The number of para-hydroxylation sites is 1. The van der Waals surface area contributed by atoms with E-state index in [1.807, 2.05) is 13.8 Å². The van der Waals surface area contributed by atoms with Crippen molar-refractivity contribution in [2.45, 2.75) is 32.2 Å². The summed E-state index contributed by atoms with van der Waals surface area (Å²) >= 11 is 0. The van der Waals surface area contributed by atoms with E-state index in [0.29, 0.717) is 18.7 Å². The Kier molecular flexibility index (Phi) is 4.26. The minimum Gasteiger partial charge on any atom is -0.382 e. The van der Waals surface area contributed by atoms with Gasteiger partial charge in [0.2, 0.25) is 5.91 Å². The summed E-state index contributed by atoms with van der Waals surface area (Å²) in [4.78, 5) is 11.9. The molecule has 1 aromatic heterocycles. The van der Waals surface area contributed by atoms with Crippen molar-refractivity contribution in [3.05, 3.63) is 42.2 Å². The number of carbonyl (C=O) groups is 1. The van der Waals surface area contributed by atoms with Gasteiger partial charge < -0.3 is 10.6 Å². The minimum atomic E-state index is -0.672. The van der Waals surface area contributed by atoms with Gasteiger partial charge in [-0.1, -0.05) is 6.07 Å². The second-order valence-corrected chi connectivity index (χ2v) is 6.73. The number of aromatic nitrogens is 2. The van der Waals surface area contributed by atoms with Crippen LogP contribution in [0.4, 0.5) is 14.5 Å². The Morgan fingerprint density at radius 1 is 1.38 bits per heavy atom. The van der Waals surface area contributed by atoms with Gasteiger partial charge in [0.1, 0.15) is 5.69 Å². The lowest BCUT2D eigenvalue weighted by atomic mass is 9.94. The number of nitrogens with zero attached hydrogens (tertiary/aromatic N) is 2. The Morgan fingerprint density at radius 2 is 2.08 bits per heavy atom. The predicted molar refractivity (Wildman–Crippen MR) is 86.9 cm³/mol. The van der Waals surface area contributed by atoms with Crippen molar-refractivity contribution in [1.82, 2.24) is 15.1 Å². The molecule has 3 rings (SSSR count). The van der Waals surface area contributed by atoms with Gasteiger partial charge in [-0.05, 0) is 38.8 Å². The zero-order valence-corrected chi connectivity index (χ0v) is 13.6. The Morgan fingerprint density at radius 3 is 2.71 bits per heavy atom. The molecule has 0 spiro atoms. The number of halogens is 2. The van der Waals surface area contributed by atoms with Crippen molar-refractivity contribution in [3.63, 3.8) is 0 Å². The topological polar surface area (TPSA) is 59.0 Å². The van der Waals surface area contributed by atoms with Crippen molar-refractivity contribution in [2.75, 3.05) is 11.9 Å². The number of benzene rings is 1. The maximum atomic E-state index is 13.8. The first kappa shape index (κ1) is 16.4. The molecule has 1 atom stereocenters. The molecule has 0 bridgehead atoms. The fourth-order valence-electron chi connectivity index (χ4n) is 3.06. The molecule has 0 aliphatic carbocycles. The second kappa shape index (κ2) is 6.22. The van der Waals surface area contributed by atoms with Crippen molar-refractivity contribution in [2.24, 2.45) is 5.92 Å². The summed E-state index contributed by atoms with van der Waals surface area (Å²) in [6.07, 6.45) is 4.52. The van der Waals surface area contributed by atoms with Gasteiger partial charge in [0.15, 0.2) is 11.6 Å². The number of nitrogens with one attached hydrogen (secondary N) is 2. The number of carbonyl (C=O) groups excluding carboxylic acids is 1. The predicted octanol–water partition coefficient (Wildman–Crippen LogP) is 2.87. The zero-order valence-electron chi connectivity index (χ0n) is 13.6. The van der Waals surface area contributed by atoms with Crippen molar-refractivity contribution in [3.8, 4) is 5.69 Å². The molecule has 0 saturated carbocycles. The molecular weight excluding hydrogens is 314 g/mol. The molecular formula is C17H20F2N4O. The lowest BCUT2D eigenvalue weighted by molar-refractivity contribution is -0.122. The lowest BCUT2D eigenvalue weighted by Gasteiger charge is -2.16. The van der Waals surface area contributed by atoms with Crippen LogP contribution in [0.25, 0.3) is 5.69 Å². The molecule has 128 valence electrons. The molecule has 0 radical (unpaired) electrons. The van der Waals surface area contributed by atoms with Crippen LogP contribution in [-0.2, 0) is 4.79 Å². The molecule has 1 saturated heterocycles. The number of hydrogen-bond donors (Lipinski definition) is 2. The Labute approximate surface area is 139 Å². The highest BCUT2D eigenvalue weighted by Gasteiger charge is 2.36. The number of anilines is 1. The third-order valence-electron chi connectivity index (χ3n) is 4.16. The average molecular weight is 334 g/mol. The second-order valence-electron chi connectivity index (χ2n) is 6.73. The molecule has 1 aliphatic heterocycles. The van der Waals surface area contributed by atoms with Crippen LogP contribution in [0.1, 0.15) is 26.7 Å². The standard InChI is InChI=1S/C17H20F2N4O/c1-17(2)8-11(16(24)22-17)6-7-20-12-9-21-23(10-12)15-13(18)4-3-5-14(15)19/h3-5,9-11,20H,6-8H2,1-2H3,(H,22,24). The quantitative estimate of drug-likeness (QED) is 0.884. The Balaban J connectivity index is 1.60. The molecule has 5 nitrogen and oxygen atoms in total. The first-order valence-electron chi connectivity index (χ1n) is 7.91. The van der Waals surface area contributed by atoms with E-state index in [1.165, 1.54) is 35.3 Å². The summed E-state index contributed by atoms with van der Waals surface area (Å²) in [6, 6.07) is 3.69. The highest BCUT2D eigenvalue weighted by Crippen LogP contribution is 2.26. The minimum absolute atomic E-state index is 0.0217. The first-order chi connectivity index (χ1) is 11.4. The van der Waals surface area contributed by atoms with E-state index in [0.717, 1.165) is 6.42 Å². The molecule has 1 unspecified atom stereocenters. The summed E-state index contributed by atoms with van der Waals surface area (Å²) < 4.78 is 28.7. The smallest absolute Gasteiger partial charge is 0.223 e. The monoisotopic (exact) mass is 334 g/mol. The van der Waals surface area contributed by atoms with Gasteiger partial charge in [-0.15, -0.1) is 0 Å². The summed E-state index contributed by atoms with van der Waals surface area (Å²) in [6.45, 7) is 4.59. The van der Waals surface area contributed by atoms with Gasteiger partial charge in [-0.3, -0.25) is 4.79 Å². The highest BCUT2D eigenvalue weighted by molar-refractivity contribution is 5.82. The lowest BCUT2D eigenvalue weighted by Crippen LogP contribution is -2.34. The molecule has 1 fully saturated rings. The molecule has 24 heavy (non-hydrogen) atoms. The third-order valence-corrected chi connectivity index (χ3v) is 4.16. The highest BCUT2D eigenvalue weighted by atomic mass is 19.1. The normalized spacial score (nSPS) is 19.3. The molecule has 1 aromatic carbocycles. The molecule has 1 amide bonds. The SMILES string of the molecule is CC1(C)CC(CCNc2cnn(-c3c(F)cccc3F)c2)C(=O)N1. The van der Waals surface area contributed by atoms with E-state index in [9.17, 15) is 13.6 Å². The van der Waals surface area contributed by atoms with Crippen LogP contribution in [0.15, 0.2) is 30.6 Å². The van der Waals surface area contributed by atoms with Crippen molar-refractivity contribution >= 4 is 11.6 Å². The Bertz CT molecular complexity index is 737. The van der Waals surface area contributed by atoms with Crippen LogP contribution in [0, 0.1) is 17.6 Å². The van der Waals surface area contributed by atoms with Crippen LogP contribution >= 0.6 is 0 Å². The fourth-order valence-corrected chi connectivity index (χ4v) is 3.06. The van der Waals surface area contributed by atoms with Crippen LogP contribution < -0.4 is 10.6 Å². The van der Waals surface area contributed by atoms with Gasteiger partial charge >= 0.3 is 0 Å². The summed E-state index contributed by atoms with van der Waals surface area (Å²) in [5, 5.41) is 10.1. The van der Waals surface area contributed by atoms with E-state index >= 15 is 0 Å². The van der Waals surface area contributed by atoms with E-state index in [2.05, 4.69) is 15.7 Å². The number of amides is 1. The van der Waals surface area contributed by atoms with Gasteiger partial charge in [0.25, 0.3) is 0 Å². The number of rotatable bonds is 5. The average Bonchev–Trinajstić information content (AvgIpc) is 3.03. The molecule has 2 aromatic rings. The summed E-state index contributed by atoms with van der Waals surface area (Å²) in [5.41, 5.74) is 0.285. The van der Waals surface area contributed by atoms with E-state index in [4.69, 9.17) is 0 Å². The summed E-state index contributed by atoms with van der Waals surface area (Å²) in [7, 11) is 0. The molecule has 7 heteroatoms. The maximum Gasteiger partial charge on any atom is 0.223 e. The van der Waals surface area contributed by atoms with Gasteiger partial charge in [-0.25, -0.2) is 13.5 Å². The molecule has 1 aliphatic rings. The third kappa shape index (κ3) is 3.39. The van der Waals surface area contributed by atoms with Crippen LogP contribution in [0.5, 0.6) is 0 Å². The Hall–Kier alpha value is -2.44.